The van der Waals surface area contributed by atoms with Crippen molar-refractivity contribution in [1.82, 2.24) is 15.8 Å². The molecule has 204 valence electrons. The molecule has 9 nitrogen and oxygen atoms in total. The molecule has 0 aromatic heterocycles. The maximum atomic E-state index is 13.4. The predicted octanol–water partition coefficient (Wildman–Crippen LogP) is 4.52. The van der Waals surface area contributed by atoms with Gasteiger partial charge in [-0.2, -0.15) is 0 Å². The number of benzene rings is 1. The lowest BCUT2D eigenvalue weighted by Gasteiger charge is -2.33. The van der Waals surface area contributed by atoms with Crippen molar-refractivity contribution in [3.8, 4) is 0 Å². The first-order valence-corrected chi connectivity index (χ1v) is 13.4. The molecule has 1 unspecified atom stereocenters. The number of hydrogen-bond donors (Lipinski definition) is 2. The number of nitrogens with zero attached hydrogens (tertiary/aromatic N) is 1. The summed E-state index contributed by atoms with van der Waals surface area (Å²) in [5.74, 6) is -1.18. The van der Waals surface area contributed by atoms with Crippen molar-refractivity contribution < 1.29 is 28.7 Å². The second kappa shape index (κ2) is 13.1. The van der Waals surface area contributed by atoms with E-state index in [9.17, 15) is 19.2 Å². The van der Waals surface area contributed by atoms with Crippen LogP contribution in [0.4, 0.5) is 4.79 Å². The van der Waals surface area contributed by atoms with Gasteiger partial charge in [0.2, 0.25) is 5.91 Å². The Morgan fingerprint density at radius 2 is 1.92 bits per heavy atom. The van der Waals surface area contributed by atoms with E-state index in [0.717, 1.165) is 31.2 Å². The maximum absolute atomic E-state index is 13.4. The molecule has 10 heteroatoms. The van der Waals surface area contributed by atoms with Crippen LogP contribution in [0, 0.1) is 11.8 Å². The van der Waals surface area contributed by atoms with Crippen molar-refractivity contribution in [2.24, 2.45) is 11.8 Å². The number of carbonyl (C=O) groups excluding carboxylic acids is 4. The smallest absolute Gasteiger partial charge is 0.408 e. The molecular formula is C27H38ClN3O6. The van der Waals surface area contributed by atoms with Crippen molar-refractivity contribution in [3.05, 3.63) is 34.9 Å². The number of methoxy groups -OCH3 is 1. The van der Waals surface area contributed by atoms with Gasteiger partial charge in [-0.15, -0.1) is 0 Å². The third-order valence-corrected chi connectivity index (χ3v) is 7.46. The number of hydrogen-bond acceptors (Lipinski definition) is 6. The fourth-order valence-electron chi connectivity index (χ4n) is 5.22. The molecule has 0 spiro atoms. The van der Waals surface area contributed by atoms with E-state index in [1.165, 1.54) is 18.5 Å². The van der Waals surface area contributed by atoms with Gasteiger partial charge in [-0.1, -0.05) is 55.8 Å². The van der Waals surface area contributed by atoms with Gasteiger partial charge >= 0.3 is 12.1 Å². The van der Waals surface area contributed by atoms with Crippen molar-refractivity contribution in [3.63, 3.8) is 0 Å². The highest BCUT2D eigenvalue weighted by atomic mass is 35.5. The summed E-state index contributed by atoms with van der Waals surface area (Å²) in [4.78, 5) is 50.7. The van der Waals surface area contributed by atoms with Crippen LogP contribution in [0.5, 0.6) is 0 Å². The van der Waals surface area contributed by atoms with Gasteiger partial charge in [0, 0.05) is 17.4 Å². The normalized spacial score (nSPS) is 20.3. The number of halogens is 1. The molecule has 3 rings (SSSR count). The zero-order valence-electron chi connectivity index (χ0n) is 21.9. The van der Waals surface area contributed by atoms with E-state index in [-0.39, 0.29) is 24.9 Å². The zero-order chi connectivity index (χ0) is 27.0. The molecule has 0 bridgehead atoms. The summed E-state index contributed by atoms with van der Waals surface area (Å²) in [6, 6.07) is 6.15. The number of rotatable bonds is 10. The lowest BCUT2D eigenvalue weighted by atomic mass is 9.84. The number of amides is 3. The second-order valence-corrected chi connectivity index (χ2v) is 11.1. The first kappa shape index (κ1) is 28.8. The number of hydrazine groups is 1. The Bertz CT molecular complexity index is 979. The highest BCUT2D eigenvalue weighted by Gasteiger charge is 2.46. The highest BCUT2D eigenvalue weighted by molar-refractivity contribution is 6.30. The molecule has 2 fully saturated rings. The first-order chi connectivity index (χ1) is 17.6. The van der Waals surface area contributed by atoms with Crippen LogP contribution in [0.25, 0.3) is 0 Å². The monoisotopic (exact) mass is 535 g/mol. The highest BCUT2D eigenvalue weighted by Crippen LogP contribution is 2.35. The summed E-state index contributed by atoms with van der Waals surface area (Å²) in [5, 5.41) is 4.61. The van der Waals surface area contributed by atoms with Crippen LogP contribution >= 0.6 is 11.6 Å². The molecule has 1 saturated heterocycles. The van der Waals surface area contributed by atoms with Gasteiger partial charge in [0.05, 0.1) is 12.6 Å². The standard InChI is InChI=1S/C27H38ClN3O6/c1-27(2)16-20(12-13-23(32)36-3)25(34)31(27)30-24(33)22(15-18-8-5-4-6-9-18)29-26(35)37-17-19-10-7-11-21(28)14-19/h7,10-11,14,18,20,22H,4-6,8-9,12-13,15-17H2,1-3H3,(H,29,35)(H,30,33)/t20?,22-/m0/s1. The Hall–Kier alpha value is -2.81. The van der Waals surface area contributed by atoms with Crippen LogP contribution in [0.1, 0.15) is 77.2 Å². The Kier molecular flexibility index (Phi) is 10.2. The van der Waals surface area contributed by atoms with Crippen molar-refractivity contribution in [2.45, 2.75) is 89.8 Å². The summed E-state index contributed by atoms with van der Waals surface area (Å²) in [7, 11) is 1.31. The molecule has 1 aliphatic carbocycles. The summed E-state index contributed by atoms with van der Waals surface area (Å²) in [6.07, 6.45) is 6.08. The van der Waals surface area contributed by atoms with Gasteiger partial charge in [-0.3, -0.25) is 19.8 Å². The molecule has 1 aromatic carbocycles. The van der Waals surface area contributed by atoms with Crippen LogP contribution in [0.2, 0.25) is 5.02 Å². The molecule has 37 heavy (non-hydrogen) atoms. The van der Waals surface area contributed by atoms with Crippen LogP contribution < -0.4 is 10.7 Å². The van der Waals surface area contributed by atoms with Gasteiger partial charge in [0.15, 0.2) is 0 Å². The van der Waals surface area contributed by atoms with E-state index < -0.39 is 29.5 Å². The lowest BCUT2D eigenvalue weighted by molar-refractivity contribution is -0.145. The molecule has 2 aliphatic rings. The number of carbonyl (C=O) groups is 4. The topological polar surface area (TPSA) is 114 Å². The molecule has 2 N–H and O–H groups in total. The maximum Gasteiger partial charge on any atom is 0.408 e. The summed E-state index contributed by atoms with van der Waals surface area (Å²) in [6.45, 7) is 3.75. The Morgan fingerprint density at radius 3 is 2.59 bits per heavy atom. The Morgan fingerprint density at radius 1 is 1.19 bits per heavy atom. The van der Waals surface area contributed by atoms with Crippen LogP contribution in [0.15, 0.2) is 24.3 Å². The fraction of sp³-hybridized carbons (Fsp3) is 0.630. The number of esters is 1. The minimum atomic E-state index is -0.854. The van der Waals surface area contributed by atoms with Gasteiger partial charge < -0.3 is 14.8 Å². The van der Waals surface area contributed by atoms with Crippen LogP contribution in [-0.2, 0) is 30.5 Å². The molecular weight excluding hydrogens is 498 g/mol. The first-order valence-electron chi connectivity index (χ1n) is 13.0. The van der Waals surface area contributed by atoms with Crippen molar-refractivity contribution in [1.29, 1.82) is 0 Å². The molecule has 1 heterocycles. The van der Waals surface area contributed by atoms with E-state index in [1.807, 2.05) is 13.8 Å². The van der Waals surface area contributed by atoms with Gasteiger partial charge in [0.25, 0.3) is 5.91 Å². The van der Waals surface area contributed by atoms with Gasteiger partial charge in [-0.05, 0) is 56.7 Å². The van der Waals surface area contributed by atoms with E-state index in [1.54, 1.807) is 24.3 Å². The van der Waals surface area contributed by atoms with E-state index in [4.69, 9.17) is 21.1 Å². The molecule has 0 radical (unpaired) electrons. The van der Waals surface area contributed by atoms with E-state index in [0.29, 0.717) is 30.2 Å². The average molecular weight is 536 g/mol. The SMILES string of the molecule is COC(=O)CCC1CC(C)(C)N(NC(=O)[C@H](CC2CCCCC2)NC(=O)OCc2cccc(Cl)c2)C1=O. The largest absolute Gasteiger partial charge is 0.469 e. The molecule has 1 aliphatic heterocycles. The quantitative estimate of drug-likeness (QED) is 0.426. The number of ether oxygens (including phenoxy) is 2. The van der Waals surface area contributed by atoms with E-state index >= 15 is 0 Å². The predicted molar refractivity (Wildman–Crippen MR) is 138 cm³/mol. The Balaban J connectivity index is 1.65. The number of alkyl carbamates (subject to hydrolysis) is 1. The van der Waals surface area contributed by atoms with Crippen molar-refractivity contribution in [2.75, 3.05) is 7.11 Å². The average Bonchev–Trinajstić information content (AvgIpc) is 3.09. The third kappa shape index (κ3) is 8.35. The van der Waals surface area contributed by atoms with Gasteiger partial charge in [-0.25, -0.2) is 9.80 Å². The second-order valence-electron chi connectivity index (χ2n) is 10.6. The summed E-state index contributed by atoms with van der Waals surface area (Å²) >= 11 is 6.00. The third-order valence-electron chi connectivity index (χ3n) is 7.23. The summed E-state index contributed by atoms with van der Waals surface area (Å²) < 4.78 is 10.0. The van der Waals surface area contributed by atoms with E-state index in [2.05, 4.69) is 10.7 Å². The summed E-state index contributed by atoms with van der Waals surface area (Å²) in [5.41, 5.74) is 2.86. The Labute approximate surface area is 223 Å². The molecule has 3 amide bonds. The van der Waals surface area contributed by atoms with Crippen LogP contribution in [-0.4, -0.2) is 47.6 Å². The lowest BCUT2D eigenvalue weighted by Crippen LogP contribution is -2.58. The minimum absolute atomic E-state index is 0.0175. The zero-order valence-corrected chi connectivity index (χ0v) is 22.6. The molecule has 1 aromatic rings. The number of nitrogens with one attached hydrogen (secondary N) is 2. The molecule has 1 saturated carbocycles. The fourth-order valence-corrected chi connectivity index (χ4v) is 5.44. The molecule has 2 atom stereocenters. The van der Waals surface area contributed by atoms with Crippen LogP contribution in [0.3, 0.4) is 0 Å². The van der Waals surface area contributed by atoms with Gasteiger partial charge in [0.1, 0.15) is 12.6 Å². The minimum Gasteiger partial charge on any atom is -0.469 e. The van der Waals surface area contributed by atoms with Crippen molar-refractivity contribution >= 4 is 35.5 Å².